The van der Waals surface area contributed by atoms with Crippen molar-refractivity contribution in [3.05, 3.63) is 50.6 Å². The largest absolute Gasteiger partial charge is 0.491 e. The third-order valence-corrected chi connectivity index (χ3v) is 7.76. The molecular weight excluding hydrogens is 444 g/mol. The summed E-state index contributed by atoms with van der Waals surface area (Å²) in [5.74, 6) is 2.17. The van der Waals surface area contributed by atoms with Crippen LogP contribution in [0.3, 0.4) is 0 Å². The van der Waals surface area contributed by atoms with E-state index in [2.05, 4.69) is 36.2 Å². The number of ether oxygens (including phenoxy) is 2. The van der Waals surface area contributed by atoms with Gasteiger partial charge in [-0.05, 0) is 51.0 Å². The van der Waals surface area contributed by atoms with E-state index in [4.69, 9.17) is 9.47 Å². The van der Waals surface area contributed by atoms with Crippen molar-refractivity contribution in [3.63, 3.8) is 0 Å². The SMILES string of the molecule is CC(C)Oc1ccc(CSc2nnc3n(C)c(=O)c4c5c(sc4n23)COC(C)(C)C5)cc1. The summed E-state index contributed by atoms with van der Waals surface area (Å²) in [5, 5.41) is 10.3. The Bertz CT molecular complexity index is 1370. The molecule has 1 aliphatic rings. The molecule has 1 aromatic carbocycles. The number of benzene rings is 1. The molecule has 4 heterocycles. The van der Waals surface area contributed by atoms with Crippen LogP contribution in [0.25, 0.3) is 16.0 Å². The van der Waals surface area contributed by atoms with Crippen LogP contribution in [0.15, 0.2) is 34.2 Å². The van der Waals surface area contributed by atoms with E-state index in [0.29, 0.717) is 12.4 Å². The molecule has 0 radical (unpaired) electrons. The highest BCUT2D eigenvalue weighted by atomic mass is 32.2. The second-order valence-corrected chi connectivity index (χ2v) is 11.0. The number of thiophene rings is 1. The molecule has 5 rings (SSSR count). The molecule has 4 aromatic rings. The zero-order valence-electron chi connectivity index (χ0n) is 18.8. The van der Waals surface area contributed by atoms with Crippen LogP contribution in [-0.2, 0) is 30.6 Å². The number of aromatic nitrogens is 4. The van der Waals surface area contributed by atoms with Crippen molar-refractivity contribution < 1.29 is 9.47 Å². The molecule has 1 aliphatic heterocycles. The maximum Gasteiger partial charge on any atom is 0.263 e. The zero-order chi connectivity index (χ0) is 22.6. The zero-order valence-corrected chi connectivity index (χ0v) is 20.5. The molecule has 32 heavy (non-hydrogen) atoms. The Morgan fingerprint density at radius 2 is 2.00 bits per heavy atom. The minimum absolute atomic E-state index is 0.0209. The second kappa shape index (κ2) is 7.90. The predicted octanol–water partition coefficient (Wildman–Crippen LogP) is 4.57. The first-order valence-corrected chi connectivity index (χ1v) is 12.4. The highest BCUT2D eigenvalue weighted by molar-refractivity contribution is 7.98. The summed E-state index contributed by atoms with van der Waals surface area (Å²) >= 11 is 3.23. The normalized spacial score (nSPS) is 15.6. The van der Waals surface area contributed by atoms with Gasteiger partial charge in [-0.1, -0.05) is 23.9 Å². The molecule has 0 aliphatic carbocycles. The minimum Gasteiger partial charge on any atom is -0.491 e. The summed E-state index contributed by atoms with van der Waals surface area (Å²) in [4.78, 5) is 15.2. The van der Waals surface area contributed by atoms with Crippen LogP contribution in [0.4, 0.5) is 0 Å². The number of thioether (sulfide) groups is 1. The standard InChI is InChI=1S/C23H26N4O3S2/c1-13(2)30-15-8-6-14(7-9-15)12-31-22-25-24-21-26(5)19(28)18-16-10-23(3,4)29-11-17(16)32-20(18)27(21)22/h6-9,13H,10-12H2,1-5H3. The molecule has 0 atom stereocenters. The molecule has 168 valence electrons. The third kappa shape index (κ3) is 3.72. The molecule has 0 fully saturated rings. The second-order valence-electron chi connectivity index (χ2n) is 8.99. The van der Waals surface area contributed by atoms with E-state index in [0.717, 1.165) is 43.7 Å². The van der Waals surface area contributed by atoms with Crippen LogP contribution in [0.5, 0.6) is 5.75 Å². The van der Waals surface area contributed by atoms with Gasteiger partial charge in [-0.25, -0.2) is 4.40 Å². The van der Waals surface area contributed by atoms with Crippen LogP contribution in [-0.4, -0.2) is 30.9 Å². The first kappa shape index (κ1) is 21.5. The first-order valence-electron chi connectivity index (χ1n) is 10.6. The molecule has 3 aromatic heterocycles. The van der Waals surface area contributed by atoms with Gasteiger partial charge in [0.1, 0.15) is 10.6 Å². The number of hydrogen-bond donors (Lipinski definition) is 0. The Morgan fingerprint density at radius 1 is 1.25 bits per heavy atom. The van der Waals surface area contributed by atoms with Gasteiger partial charge in [0.2, 0.25) is 5.78 Å². The molecule has 0 bridgehead atoms. The molecule has 7 nitrogen and oxygen atoms in total. The lowest BCUT2D eigenvalue weighted by Crippen LogP contribution is -2.32. The molecule has 0 saturated carbocycles. The van der Waals surface area contributed by atoms with E-state index in [9.17, 15) is 4.79 Å². The molecule has 0 N–H and O–H groups in total. The van der Waals surface area contributed by atoms with Crippen LogP contribution < -0.4 is 10.3 Å². The van der Waals surface area contributed by atoms with Crippen LogP contribution in [0.1, 0.15) is 43.7 Å². The maximum absolute atomic E-state index is 13.2. The van der Waals surface area contributed by atoms with Crippen molar-refractivity contribution in [2.75, 3.05) is 0 Å². The van der Waals surface area contributed by atoms with Crippen molar-refractivity contribution >= 4 is 39.1 Å². The van der Waals surface area contributed by atoms with Crippen LogP contribution in [0.2, 0.25) is 0 Å². The van der Waals surface area contributed by atoms with Crippen molar-refractivity contribution in [2.24, 2.45) is 7.05 Å². The topological polar surface area (TPSA) is 70.7 Å². The van der Waals surface area contributed by atoms with Gasteiger partial charge >= 0.3 is 0 Å². The van der Waals surface area contributed by atoms with E-state index in [1.807, 2.05) is 30.4 Å². The Labute approximate surface area is 194 Å². The summed E-state index contributed by atoms with van der Waals surface area (Å²) < 4.78 is 15.4. The fourth-order valence-corrected chi connectivity index (χ4v) is 6.18. The van der Waals surface area contributed by atoms with E-state index in [1.165, 1.54) is 5.56 Å². The van der Waals surface area contributed by atoms with E-state index in [-0.39, 0.29) is 17.3 Å². The number of aryl methyl sites for hydroxylation is 1. The quantitative estimate of drug-likeness (QED) is 0.398. The maximum atomic E-state index is 13.2. The molecule has 0 spiro atoms. The van der Waals surface area contributed by atoms with Gasteiger partial charge in [-0.15, -0.1) is 21.5 Å². The van der Waals surface area contributed by atoms with Gasteiger partial charge in [0.25, 0.3) is 5.56 Å². The summed E-state index contributed by atoms with van der Waals surface area (Å²) in [6.07, 6.45) is 0.873. The van der Waals surface area contributed by atoms with Gasteiger partial charge in [0, 0.05) is 24.1 Å². The van der Waals surface area contributed by atoms with Crippen molar-refractivity contribution in [1.82, 2.24) is 19.2 Å². The summed E-state index contributed by atoms with van der Waals surface area (Å²) in [6.45, 7) is 8.70. The van der Waals surface area contributed by atoms with E-state index < -0.39 is 0 Å². The van der Waals surface area contributed by atoms with Crippen LogP contribution in [0, 0.1) is 0 Å². The molecule has 9 heteroatoms. The van der Waals surface area contributed by atoms with E-state index >= 15 is 0 Å². The fourth-order valence-electron chi connectivity index (χ4n) is 4.01. The molecule has 0 amide bonds. The van der Waals surface area contributed by atoms with Gasteiger partial charge in [-0.2, -0.15) is 0 Å². The Kier molecular flexibility index (Phi) is 5.30. The Morgan fingerprint density at radius 3 is 2.72 bits per heavy atom. The van der Waals surface area contributed by atoms with Crippen molar-refractivity contribution in [3.8, 4) is 5.75 Å². The van der Waals surface area contributed by atoms with E-state index in [1.54, 1.807) is 34.7 Å². The molecular formula is C23H26N4O3S2. The number of nitrogens with zero attached hydrogens (tertiary/aromatic N) is 4. The number of rotatable bonds is 5. The molecule has 0 unspecified atom stereocenters. The fraction of sp³-hybridized carbons (Fsp3) is 0.435. The van der Waals surface area contributed by atoms with Gasteiger partial charge in [-0.3, -0.25) is 9.36 Å². The summed E-state index contributed by atoms with van der Waals surface area (Å²) in [6, 6.07) is 8.13. The summed E-state index contributed by atoms with van der Waals surface area (Å²) in [7, 11) is 1.77. The average molecular weight is 471 g/mol. The predicted molar refractivity (Wildman–Crippen MR) is 128 cm³/mol. The van der Waals surface area contributed by atoms with Crippen molar-refractivity contribution in [1.29, 1.82) is 0 Å². The molecule has 0 saturated heterocycles. The number of hydrogen-bond acceptors (Lipinski definition) is 7. The highest BCUT2D eigenvalue weighted by Gasteiger charge is 2.32. The highest BCUT2D eigenvalue weighted by Crippen LogP contribution is 2.38. The van der Waals surface area contributed by atoms with Crippen LogP contribution >= 0.6 is 23.1 Å². The summed E-state index contributed by atoms with van der Waals surface area (Å²) in [5.41, 5.74) is 1.98. The third-order valence-electron chi connectivity index (χ3n) is 5.57. The van der Waals surface area contributed by atoms with Gasteiger partial charge in [0.15, 0.2) is 5.16 Å². The lowest BCUT2D eigenvalue weighted by molar-refractivity contribution is -0.0379. The Hall–Kier alpha value is -2.36. The first-order chi connectivity index (χ1) is 15.2. The monoisotopic (exact) mass is 470 g/mol. The van der Waals surface area contributed by atoms with Gasteiger partial charge < -0.3 is 9.47 Å². The Balaban J connectivity index is 1.53. The van der Waals surface area contributed by atoms with Crippen molar-refractivity contribution in [2.45, 2.75) is 63.3 Å². The lowest BCUT2D eigenvalue weighted by atomic mass is 9.94. The average Bonchev–Trinajstić information content (AvgIpc) is 3.31. The minimum atomic E-state index is -0.281. The van der Waals surface area contributed by atoms with Gasteiger partial charge in [0.05, 0.1) is 23.7 Å². The lowest BCUT2D eigenvalue weighted by Gasteiger charge is -2.29. The number of fused-ring (bicyclic) bond motifs is 5. The smallest absolute Gasteiger partial charge is 0.263 e.